The predicted octanol–water partition coefficient (Wildman–Crippen LogP) is 2.63. The van der Waals surface area contributed by atoms with Gasteiger partial charge in [-0.1, -0.05) is 35.0 Å². The SMILES string of the molecule is Cc1cccc(Cn2c(=O)c3nscc3n(Cc3c(C)noc3C)c2=O)c1. The quantitative estimate of drug-likeness (QED) is 0.542. The van der Waals surface area contributed by atoms with Gasteiger partial charge in [0.1, 0.15) is 5.76 Å². The highest BCUT2D eigenvalue weighted by Gasteiger charge is 2.18. The summed E-state index contributed by atoms with van der Waals surface area (Å²) in [6.45, 7) is 6.11. The largest absolute Gasteiger partial charge is 0.361 e. The number of hydrogen-bond donors (Lipinski definition) is 0. The minimum Gasteiger partial charge on any atom is -0.361 e. The molecular formula is C19H18N4O3S. The Labute approximate surface area is 158 Å². The Morgan fingerprint density at radius 3 is 2.63 bits per heavy atom. The number of fused-ring (bicyclic) bond motifs is 1. The molecule has 8 heteroatoms. The highest BCUT2D eigenvalue weighted by Crippen LogP contribution is 2.17. The van der Waals surface area contributed by atoms with Gasteiger partial charge >= 0.3 is 5.69 Å². The van der Waals surface area contributed by atoms with Crippen molar-refractivity contribution in [3.8, 4) is 0 Å². The maximum atomic E-state index is 13.2. The summed E-state index contributed by atoms with van der Waals surface area (Å²) in [6.07, 6.45) is 0. The van der Waals surface area contributed by atoms with Gasteiger partial charge in [0, 0.05) is 10.9 Å². The van der Waals surface area contributed by atoms with Gasteiger partial charge in [-0.25, -0.2) is 4.79 Å². The van der Waals surface area contributed by atoms with Crippen LogP contribution < -0.4 is 11.2 Å². The van der Waals surface area contributed by atoms with Crippen molar-refractivity contribution in [1.82, 2.24) is 18.7 Å². The van der Waals surface area contributed by atoms with E-state index in [1.165, 1.54) is 16.1 Å². The second kappa shape index (κ2) is 6.62. The van der Waals surface area contributed by atoms with Gasteiger partial charge in [0.15, 0.2) is 5.52 Å². The predicted molar refractivity (Wildman–Crippen MR) is 104 cm³/mol. The van der Waals surface area contributed by atoms with Crippen LogP contribution >= 0.6 is 11.5 Å². The molecule has 0 amide bonds. The Morgan fingerprint density at radius 1 is 1.11 bits per heavy atom. The molecule has 138 valence electrons. The molecule has 0 unspecified atom stereocenters. The first kappa shape index (κ1) is 17.4. The van der Waals surface area contributed by atoms with Crippen LogP contribution in [0.5, 0.6) is 0 Å². The van der Waals surface area contributed by atoms with E-state index in [2.05, 4.69) is 9.53 Å². The van der Waals surface area contributed by atoms with Crippen LogP contribution in [0.25, 0.3) is 11.0 Å². The van der Waals surface area contributed by atoms with Crippen molar-refractivity contribution < 1.29 is 4.52 Å². The van der Waals surface area contributed by atoms with Gasteiger partial charge in [-0.3, -0.25) is 13.9 Å². The molecule has 3 heterocycles. The third-order valence-corrected chi connectivity index (χ3v) is 5.29. The molecule has 0 aliphatic carbocycles. The van der Waals surface area contributed by atoms with Gasteiger partial charge in [0.2, 0.25) is 0 Å². The third-order valence-electron chi connectivity index (χ3n) is 4.67. The summed E-state index contributed by atoms with van der Waals surface area (Å²) in [6, 6.07) is 7.77. The molecule has 0 aliphatic heterocycles. The van der Waals surface area contributed by atoms with Crippen LogP contribution in [0.15, 0.2) is 43.8 Å². The van der Waals surface area contributed by atoms with Crippen molar-refractivity contribution in [3.05, 3.63) is 78.6 Å². The summed E-state index contributed by atoms with van der Waals surface area (Å²) < 4.78 is 12.3. The van der Waals surface area contributed by atoms with Gasteiger partial charge in [-0.15, -0.1) is 0 Å². The van der Waals surface area contributed by atoms with Crippen LogP contribution in [0.4, 0.5) is 0 Å². The summed E-state index contributed by atoms with van der Waals surface area (Å²) in [7, 11) is 0. The van der Waals surface area contributed by atoms with Crippen molar-refractivity contribution in [2.75, 3.05) is 0 Å². The normalized spacial score (nSPS) is 11.4. The van der Waals surface area contributed by atoms with Crippen molar-refractivity contribution in [2.24, 2.45) is 0 Å². The summed E-state index contributed by atoms with van der Waals surface area (Å²) >= 11 is 1.17. The summed E-state index contributed by atoms with van der Waals surface area (Å²) in [5.41, 5.74) is 3.65. The number of nitrogens with zero attached hydrogens (tertiary/aromatic N) is 4. The third kappa shape index (κ3) is 3.02. The highest BCUT2D eigenvalue weighted by molar-refractivity contribution is 7.04. The molecule has 0 atom stereocenters. The number of benzene rings is 1. The Morgan fingerprint density at radius 2 is 1.93 bits per heavy atom. The van der Waals surface area contributed by atoms with Gasteiger partial charge in [0.05, 0.1) is 24.3 Å². The maximum Gasteiger partial charge on any atom is 0.332 e. The Bertz CT molecular complexity index is 1240. The number of hydrogen-bond acceptors (Lipinski definition) is 6. The lowest BCUT2D eigenvalue weighted by atomic mass is 10.1. The van der Waals surface area contributed by atoms with Crippen molar-refractivity contribution in [2.45, 2.75) is 33.9 Å². The van der Waals surface area contributed by atoms with Gasteiger partial charge in [0.25, 0.3) is 5.56 Å². The van der Waals surface area contributed by atoms with E-state index >= 15 is 0 Å². The lowest BCUT2D eigenvalue weighted by Gasteiger charge is -2.12. The van der Waals surface area contributed by atoms with Crippen LogP contribution in [0.2, 0.25) is 0 Å². The molecule has 27 heavy (non-hydrogen) atoms. The minimum atomic E-state index is -0.368. The smallest absolute Gasteiger partial charge is 0.332 e. The Hall–Kier alpha value is -3.00. The summed E-state index contributed by atoms with van der Waals surface area (Å²) in [4.78, 5) is 26.0. The van der Waals surface area contributed by atoms with E-state index in [0.717, 1.165) is 22.4 Å². The number of rotatable bonds is 4. The molecule has 0 fully saturated rings. The van der Waals surface area contributed by atoms with Crippen LogP contribution in [0, 0.1) is 20.8 Å². The molecule has 0 saturated heterocycles. The minimum absolute atomic E-state index is 0.203. The topological polar surface area (TPSA) is 82.9 Å². The zero-order valence-electron chi connectivity index (χ0n) is 15.2. The van der Waals surface area contributed by atoms with Crippen LogP contribution in [-0.2, 0) is 13.1 Å². The van der Waals surface area contributed by atoms with E-state index in [4.69, 9.17) is 4.52 Å². The highest BCUT2D eigenvalue weighted by atomic mass is 32.1. The maximum absolute atomic E-state index is 13.2. The molecule has 7 nitrogen and oxygen atoms in total. The summed E-state index contributed by atoms with van der Waals surface area (Å²) in [5.74, 6) is 0.659. The van der Waals surface area contributed by atoms with E-state index in [-0.39, 0.29) is 24.3 Å². The van der Waals surface area contributed by atoms with Crippen molar-refractivity contribution in [3.63, 3.8) is 0 Å². The summed E-state index contributed by atoms with van der Waals surface area (Å²) in [5, 5.41) is 5.68. The first-order valence-corrected chi connectivity index (χ1v) is 9.34. The molecular weight excluding hydrogens is 364 g/mol. The number of aromatic nitrogens is 4. The van der Waals surface area contributed by atoms with Crippen LogP contribution in [0.3, 0.4) is 0 Å². The second-order valence-corrected chi connectivity index (χ2v) is 7.23. The molecule has 4 aromatic rings. The fraction of sp³-hybridized carbons (Fsp3) is 0.263. The van der Waals surface area contributed by atoms with E-state index in [1.807, 2.05) is 45.0 Å². The molecule has 1 aromatic carbocycles. The second-order valence-electron chi connectivity index (χ2n) is 6.60. The van der Waals surface area contributed by atoms with Gasteiger partial charge < -0.3 is 4.52 Å². The Balaban J connectivity index is 1.90. The standard InChI is InChI=1S/C19H18N4O3S/c1-11-5-4-6-14(7-11)8-23-18(24)17-16(10-27-21-17)22(19(23)25)9-15-12(2)20-26-13(15)3/h4-7,10H,8-9H2,1-3H3. The molecule has 3 aromatic heterocycles. The fourth-order valence-electron chi connectivity index (χ4n) is 3.21. The zero-order chi connectivity index (χ0) is 19.1. The van der Waals surface area contributed by atoms with Crippen LogP contribution in [-0.4, -0.2) is 18.7 Å². The molecule has 4 rings (SSSR count). The monoisotopic (exact) mass is 382 g/mol. The molecule has 0 bridgehead atoms. The molecule has 0 aliphatic rings. The molecule has 0 radical (unpaired) electrons. The zero-order valence-corrected chi connectivity index (χ0v) is 16.0. The van der Waals surface area contributed by atoms with E-state index in [9.17, 15) is 9.59 Å². The van der Waals surface area contributed by atoms with Crippen molar-refractivity contribution in [1.29, 1.82) is 0 Å². The number of aryl methyl sites for hydroxylation is 3. The first-order chi connectivity index (χ1) is 13.0. The molecule has 0 spiro atoms. The molecule has 0 N–H and O–H groups in total. The molecule has 0 saturated carbocycles. The Kier molecular flexibility index (Phi) is 4.27. The fourth-order valence-corrected chi connectivity index (χ4v) is 3.87. The average molecular weight is 382 g/mol. The van der Waals surface area contributed by atoms with E-state index in [1.54, 1.807) is 9.95 Å². The lowest BCUT2D eigenvalue weighted by molar-refractivity contribution is 0.392. The average Bonchev–Trinajstić information content (AvgIpc) is 3.24. The van der Waals surface area contributed by atoms with Crippen LogP contribution in [0.1, 0.15) is 28.1 Å². The lowest BCUT2D eigenvalue weighted by Crippen LogP contribution is -2.40. The van der Waals surface area contributed by atoms with Gasteiger partial charge in [-0.05, 0) is 37.9 Å². The first-order valence-electron chi connectivity index (χ1n) is 8.50. The van der Waals surface area contributed by atoms with E-state index < -0.39 is 0 Å². The van der Waals surface area contributed by atoms with Crippen molar-refractivity contribution >= 4 is 22.6 Å². The van der Waals surface area contributed by atoms with Gasteiger partial charge in [-0.2, -0.15) is 4.37 Å². The van der Waals surface area contributed by atoms with E-state index in [0.29, 0.717) is 16.8 Å².